The van der Waals surface area contributed by atoms with E-state index in [9.17, 15) is 15.2 Å². The molecule has 0 saturated carbocycles. The lowest BCUT2D eigenvalue weighted by Crippen LogP contribution is -2.58. The van der Waals surface area contributed by atoms with Crippen LogP contribution < -0.4 is 14.4 Å². The van der Waals surface area contributed by atoms with Crippen molar-refractivity contribution in [1.82, 2.24) is 0 Å². The van der Waals surface area contributed by atoms with Gasteiger partial charge in [0.1, 0.15) is 0 Å². The summed E-state index contributed by atoms with van der Waals surface area (Å²) in [6.45, 7) is 4.33. The third kappa shape index (κ3) is 2.61. The van der Waals surface area contributed by atoms with Gasteiger partial charge in [0.2, 0.25) is 5.72 Å². The molecule has 152 valence electrons. The predicted molar refractivity (Wildman–Crippen MR) is 111 cm³/mol. The van der Waals surface area contributed by atoms with Gasteiger partial charge in [0.25, 0.3) is 5.69 Å². The highest BCUT2D eigenvalue weighted by atomic mass is 16.6. The monoisotopic (exact) mass is 396 g/mol. The molecule has 1 atom stereocenters. The van der Waals surface area contributed by atoms with Gasteiger partial charge in [-0.15, -0.1) is 0 Å². The number of aliphatic hydroxyl groups excluding tert-OH is 1. The molecule has 2 heterocycles. The maximum atomic E-state index is 11.3. The fraction of sp³-hybridized carbons (Fsp3) is 0.364. The van der Waals surface area contributed by atoms with E-state index in [0.29, 0.717) is 23.5 Å². The van der Waals surface area contributed by atoms with E-state index in [1.807, 2.05) is 25.3 Å². The molecule has 0 bridgehead atoms. The molecule has 2 aliphatic rings. The van der Waals surface area contributed by atoms with Gasteiger partial charge in [-0.1, -0.05) is 12.1 Å². The fourth-order valence-electron chi connectivity index (χ4n) is 4.46. The van der Waals surface area contributed by atoms with Crippen molar-refractivity contribution in [2.24, 2.45) is 0 Å². The first-order chi connectivity index (χ1) is 13.7. The summed E-state index contributed by atoms with van der Waals surface area (Å²) in [7, 11) is 3.46. The van der Waals surface area contributed by atoms with Crippen LogP contribution in [-0.4, -0.2) is 36.5 Å². The van der Waals surface area contributed by atoms with E-state index in [-0.39, 0.29) is 12.3 Å². The number of hydrogen-bond donors (Lipinski definition) is 1. The highest BCUT2D eigenvalue weighted by Gasteiger charge is 2.58. The quantitative estimate of drug-likeness (QED) is 0.627. The van der Waals surface area contributed by atoms with Gasteiger partial charge >= 0.3 is 0 Å². The summed E-state index contributed by atoms with van der Waals surface area (Å²) in [6, 6.07) is 9.08. The van der Waals surface area contributed by atoms with Crippen LogP contribution in [0, 0.1) is 10.1 Å². The van der Waals surface area contributed by atoms with Gasteiger partial charge in [-0.2, -0.15) is 0 Å². The average molecular weight is 396 g/mol. The average Bonchev–Trinajstić information content (AvgIpc) is 2.86. The minimum Gasteiger partial charge on any atom is -0.493 e. The fourth-order valence-corrected chi connectivity index (χ4v) is 4.46. The molecule has 0 radical (unpaired) electrons. The first-order valence-electron chi connectivity index (χ1n) is 9.48. The predicted octanol–water partition coefficient (Wildman–Crippen LogP) is 3.67. The zero-order valence-corrected chi connectivity index (χ0v) is 16.9. The van der Waals surface area contributed by atoms with E-state index in [1.165, 1.54) is 19.2 Å². The maximum Gasteiger partial charge on any atom is 0.274 e. The zero-order valence-electron chi connectivity index (χ0n) is 16.9. The summed E-state index contributed by atoms with van der Waals surface area (Å²) in [5.41, 5.74) is 2.57. The van der Waals surface area contributed by atoms with Crippen LogP contribution in [-0.2, 0) is 11.8 Å². The number of aliphatic hydroxyl groups is 1. The number of methoxy groups -OCH3 is 1. The number of nitro groups is 1. The van der Waals surface area contributed by atoms with E-state index < -0.39 is 16.1 Å². The van der Waals surface area contributed by atoms with Crippen LogP contribution >= 0.6 is 0 Å². The molecule has 2 aromatic carbocycles. The smallest absolute Gasteiger partial charge is 0.274 e. The van der Waals surface area contributed by atoms with Crippen LogP contribution in [0.5, 0.6) is 11.5 Å². The zero-order chi connectivity index (χ0) is 21.0. The van der Waals surface area contributed by atoms with Gasteiger partial charge in [0, 0.05) is 31.0 Å². The van der Waals surface area contributed by atoms with Crippen molar-refractivity contribution in [3.63, 3.8) is 0 Å². The molecule has 0 aliphatic carbocycles. The molecular weight excluding hydrogens is 372 g/mol. The first-order valence-corrected chi connectivity index (χ1v) is 9.48. The van der Waals surface area contributed by atoms with Crippen LogP contribution in [0.2, 0.25) is 0 Å². The molecule has 7 nitrogen and oxygen atoms in total. The second kappa shape index (κ2) is 6.49. The number of nitrogens with zero attached hydrogens (tertiary/aromatic N) is 2. The Morgan fingerprint density at radius 2 is 2.03 bits per heavy atom. The van der Waals surface area contributed by atoms with Crippen molar-refractivity contribution in [3.05, 3.63) is 63.2 Å². The van der Waals surface area contributed by atoms with Crippen LogP contribution in [0.4, 0.5) is 11.4 Å². The Morgan fingerprint density at radius 3 is 2.69 bits per heavy atom. The van der Waals surface area contributed by atoms with Gasteiger partial charge < -0.3 is 19.5 Å². The summed E-state index contributed by atoms with van der Waals surface area (Å²) in [5, 5.41) is 20.6. The molecule has 7 heteroatoms. The molecule has 0 saturated heterocycles. The number of rotatable bonds is 4. The Hall–Kier alpha value is -3.06. The van der Waals surface area contributed by atoms with Gasteiger partial charge in [-0.25, -0.2) is 0 Å². The second-order valence-electron chi connectivity index (χ2n) is 7.96. The molecule has 1 spiro atoms. The molecule has 29 heavy (non-hydrogen) atoms. The van der Waals surface area contributed by atoms with Crippen molar-refractivity contribution < 1.29 is 19.5 Å². The number of benzene rings is 2. The summed E-state index contributed by atoms with van der Waals surface area (Å²) in [6.07, 6.45) is 4.43. The summed E-state index contributed by atoms with van der Waals surface area (Å²) >= 11 is 0. The highest BCUT2D eigenvalue weighted by molar-refractivity contribution is 5.75. The largest absolute Gasteiger partial charge is 0.493 e. The Balaban J connectivity index is 1.85. The third-order valence-electron chi connectivity index (χ3n) is 6.14. The number of nitro benzene ring substituents is 1. The van der Waals surface area contributed by atoms with Gasteiger partial charge in [0.15, 0.2) is 11.5 Å². The summed E-state index contributed by atoms with van der Waals surface area (Å²) in [4.78, 5) is 12.9. The number of ether oxygens (including phenoxy) is 2. The van der Waals surface area contributed by atoms with Crippen molar-refractivity contribution in [2.45, 2.75) is 31.4 Å². The molecule has 2 aromatic rings. The van der Waals surface area contributed by atoms with Crippen LogP contribution in [0.1, 0.15) is 30.5 Å². The normalized spacial score (nSPS) is 20.9. The number of anilines is 1. The summed E-state index contributed by atoms with van der Waals surface area (Å²) < 4.78 is 12.0. The minimum absolute atomic E-state index is 0.0410. The molecule has 2 aliphatic heterocycles. The van der Waals surface area contributed by atoms with Crippen LogP contribution in [0.15, 0.2) is 36.4 Å². The third-order valence-corrected chi connectivity index (χ3v) is 6.14. The van der Waals surface area contributed by atoms with E-state index in [2.05, 4.69) is 30.9 Å². The van der Waals surface area contributed by atoms with Crippen molar-refractivity contribution in [3.8, 4) is 11.5 Å². The molecule has 1 unspecified atom stereocenters. The molecule has 0 fully saturated rings. The summed E-state index contributed by atoms with van der Waals surface area (Å²) in [5.74, 6) is 0.822. The molecular formula is C22H24N2O5. The van der Waals surface area contributed by atoms with Crippen molar-refractivity contribution in [2.75, 3.05) is 25.7 Å². The van der Waals surface area contributed by atoms with Gasteiger partial charge in [-0.05, 0) is 49.6 Å². The molecule has 4 rings (SSSR count). The van der Waals surface area contributed by atoms with Crippen LogP contribution in [0.25, 0.3) is 6.08 Å². The Kier molecular flexibility index (Phi) is 4.31. The molecule has 1 N–H and O–H groups in total. The maximum absolute atomic E-state index is 11.3. The first kappa shape index (κ1) is 19.3. The lowest BCUT2D eigenvalue weighted by molar-refractivity contribution is -0.385. The van der Waals surface area contributed by atoms with Crippen molar-refractivity contribution in [1.29, 1.82) is 0 Å². The number of hydrogen-bond acceptors (Lipinski definition) is 6. The minimum atomic E-state index is -0.816. The topological polar surface area (TPSA) is 85.1 Å². The molecule has 0 amide bonds. The Bertz CT molecular complexity index is 1030. The van der Waals surface area contributed by atoms with Crippen molar-refractivity contribution >= 4 is 17.5 Å². The van der Waals surface area contributed by atoms with E-state index in [4.69, 9.17) is 9.47 Å². The second-order valence-corrected chi connectivity index (χ2v) is 7.96. The van der Waals surface area contributed by atoms with E-state index in [0.717, 1.165) is 16.8 Å². The van der Waals surface area contributed by atoms with E-state index >= 15 is 0 Å². The lowest BCUT2D eigenvalue weighted by atomic mass is 9.76. The molecule has 0 aromatic heterocycles. The van der Waals surface area contributed by atoms with Crippen LogP contribution in [0.3, 0.4) is 0 Å². The standard InChI is InChI=1S/C22H24N2O5/c1-21(2)17-11-14(8-10-25)5-6-18(17)23(3)22(21)9-7-15-12-16(24(26)27)13-19(28-4)20(15)29-22/h5-7,9,11-13,25H,8,10H2,1-4H3. The number of non-ortho nitro benzene ring substituents is 1. The Labute approximate surface area is 169 Å². The lowest BCUT2D eigenvalue weighted by Gasteiger charge is -2.45. The van der Waals surface area contributed by atoms with Gasteiger partial charge in [0.05, 0.1) is 23.5 Å². The van der Waals surface area contributed by atoms with Gasteiger partial charge in [-0.3, -0.25) is 10.1 Å². The SMILES string of the molecule is COc1cc([N+](=O)[O-])cc2c1OC1(C=C2)N(C)c2ccc(CCO)cc2C1(C)C. The Morgan fingerprint density at radius 1 is 1.28 bits per heavy atom. The highest BCUT2D eigenvalue weighted by Crippen LogP contribution is 2.56. The number of likely N-dealkylation sites (N-methyl/N-ethyl adjacent to an activating group) is 1. The van der Waals surface area contributed by atoms with E-state index in [1.54, 1.807) is 0 Å². The number of fused-ring (bicyclic) bond motifs is 2.